The van der Waals surface area contributed by atoms with Crippen LogP contribution < -0.4 is 34.2 Å². The third-order valence-electron chi connectivity index (χ3n) is 0. The van der Waals surface area contributed by atoms with E-state index in [1.165, 1.54) is 0 Å². The van der Waals surface area contributed by atoms with E-state index in [2.05, 4.69) is 0 Å². The number of carboxylic acids is 2. The molecule has 0 spiro atoms. The molecule has 0 aliphatic heterocycles. The Balaban J connectivity index is -0.0000000720. The van der Waals surface area contributed by atoms with E-state index < -0.39 is 11.9 Å². The van der Waals surface area contributed by atoms with Gasteiger partial charge < -0.3 is 19.8 Å². The van der Waals surface area contributed by atoms with E-state index in [0.29, 0.717) is 0 Å². The van der Waals surface area contributed by atoms with Crippen molar-refractivity contribution in [3.8, 4) is 0 Å². The summed E-state index contributed by atoms with van der Waals surface area (Å²) in [6, 6.07) is 0. The van der Waals surface area contributed by atoms with Crippen molar-refractivity contribution in [3.63, 3.8) is 0 Å². The van der Waals surface area contributed by atoms with Crippen LogP contribution in [0.1, 0.15) is 13.8 Å². The molecule has 0 aliphatic rings. The van der Waals surface area contributed by atoms with Gasteiger partial charge in [-0.3, -0.25) is 0 Å². The standard InChI is InChI=1S/2C2H4O2.I/c2*1-2(3)4;/h2*1H3,(H,3,4);/q;;+2/p-2. The van der Waals surface area contributed by atoms with Gasteiger partial charge in [0.1, 0.15) is 0 Å². The lowest BCUT2D eigenvalue weighted by atomic mass is 10.9. The van der Waals surface area contributed by atoms with E-state index in [9.17, 15) is 0 Å². The zero-order valence-electron chi connectivity index (χ0n) is 5.01. The Hall–Kier alpha value is -0.330. The van der Waals surface area contributed by atoms with Crippen LogP contribution >= 0.6 is 0 Å². The van der Waals surface area contributed by atoms with Crippen molar-refractivity contribution in [2.75, 3.05) is 0 Å². The van der Waals surface area contributed by atoms with Gasteiger partial charge in [0.05, 0.1) is 0 Å². The highest BCUT2D eigenvalue weighted by Crippen LogP contribution is 1.31. The van der Waals surface area contributed by atoms with E-state index in [0.717, 1.165) is 13.8 Å². The molecule has 0 aromatic heterocycles. The molecular formula is C4H6IO4. The summed E-state index contributed by atoms with van der Waals surface area (Å²) >= 11 is 0. The Morgan fingerprint density at radius 2 is 1.00 bits per heavy atom. The average molecular weight is 245 g/mol. The molecule has 0 aliphatic carbocycles. The van der Waals surface area contributed by atoms with Gasteiger partial charge in [0, 0.05) is 11.9 Å². The molecule has 0 amide bonds. The third-order valence-corrected chi connectivity index (χ3v) is 0. The second-order valence-electron chi connectivity index (χ2n) is 0.983. The van der Waals surface area contributed by atoms with Gasteiger partial charge in [0.2, 0.25) is 0 Å². The van der Waals surface area contributed by atoms with Crippen molar-refractivity contribution in [2.24, 2.45) is 0 Å². The van der Waals surface area contributed by atoms with Crippen LogP contribution in [0, 0.1) is 0 Å². The maximum atomic E-state index is 8.89. The van der Waals surface area contributed by atoms with Crippen LogP contribution in [0.25, 0.3) is 0 Å². The SMILES string of the molecule is CC(=O)[O-].CC(=O)[O-].[I+2]. The molecule has 0 rings (SSSR count). The molecule has 5 heteroatoms. The molecule has 0 bridgehead atoms. The summed E-state index contributed by atoms with van der Waals surface area (Å²) in [5, 5.41) is 17.8. The molecule has 53 valence electrons. The fourth-order valence-corrected chi connectivity index (χ4v) is 0. The number of halogens is 1. The lowest BCUT2D eigenvalue weighted by Gasteiger charge is -1.77. The highest BCUT2D eigenvalue weighted by Gasteiger charge is 2.00. The average Bonchev–Trinajstić information content (AvgIpc) is 1.25. The van der Waals surface area contributed by atoms with E-state index >= 15 is 0 Å². The smallest absolute Gasteiger partial charge is 0.550 e. The first-order valence-electron chi connectivity index (χ1n) is 1.82. The van der Waals surface area contributed by atoms with Gasteiger partial charge >= 0.3 is 24.0 Å². The Labute approximate surface area is 69.9 Å². The number of hydrogen-bond donors (Lipinski definition) is 0. The Morgan fingerprint density at radius 3 is 1.00 bits per heavy atom. The zero-order chi connectivity index (χ0) is 7.15. The summed E-state index contributed by atoms with van der Waals surface area (Å²) in [6.07, 6.45) is 0. The minimum Gasteiger partial charge on any atom is -0.550 e. The van der Waals surface area contributed by atoms with Crippen LogP contribution in [0.4, 0.5) is 0 Å². The highest BCUT2D eigenvalue weighted by molar-refractivity contribution is 5.60. The van der Waals surface area contributed by atoms with Gasteiger partial charge in [-0.1, -0.05) is 0 Å². The molecule has 0 heterocycles. The largest absolute Gasteiger partial charge is 2.00 e. The summed E-state index contributed by atoms with van der Waals surface area (Å²) in [6.45, 7) is 1.94. The molecule has 0 saturated carbocycles. The van der Waals surface area contributed by atoms with Crippen LogP contribution in [0.3, 0.4) is 0 Å². The second-order valence-corrected chi connectivity index (χ2v) is 0.983. The predicted octanol–water partition coefficient (Wildman–Crippen LogP) is -5.48. The van der Waals surface area contributed by atoms with Crippen LogP contribution in [0.2, 0.25) is 0 Å². The van der Waals surface area contributed by atoms with Gasteiger partial charge in [-0.25, -0.2) is 0 Å². The number of carboxylic acid groups (broad SMARTS) is 2. The summed E-state index contributed by atoms with van der Waals surface area (Å²) in [4.78, 5) is 17.8. The highest BCUT2D eigenvalue weighted by atomic mass is 127. The predicted molar refractivity (Wildman–Crippen MR) is 21.4 cm³/mol. The summed E-state index contributed by atoms with van der Waals surface area (Å²) in [5.74, 6) is -2.17. The fourth-order valence-electron chi connectivity index (χ4n) is 0. The molecule has 0 unspecified atom stereocenters. The minimum absolute atomic E-state index is 0. The lowest BCUT2D eigenvalue weighted by molar-refractivity contribution is -0.303. The van der Waals surface area contributed by atoms with Gasteiger partial charge in [-0.15, -0.1) is 0 Å². The second kappa shape index (κ2) is 10.6. The molecule has 0 saturated heterocycles. The van der Waals surface area contributed by atoms with Gasteiger partial charge in [0.15, 0.2) is 0 Å². The number of carbonyl (C=O) groups excluding carboxylic acids is 2. The summed E-state index contributed by atoms with van der Waals surface area (Å²) in [7, 11) is 0. The van der Waals surface area contributed by atoms with Crippen molar-refractivity contribution in [1.82, 2.24) is 0 Å². The Morgan fingerprint density at radius 1 is 1.00 bits per heavy atom. The van der Waals surface area contributed by atoms with Gasteiger partial charge in [-0.05, 0) is 13.8 Å². The van der Waals surface area contributed by atoms with Crippen molar-refractivity contribution >= 4 is 11.9 Å². The normalized spacial score (nSPS) is 5.56. The van der Waals surface area contributed by atoms with Crippen molar-refractivity contribution in [3.05, 3.63) is 0 Å². The maximum Gasteiger partial charge on any atom is 2.00 e. The summed E-state index contributed by atoms with van der Waals surface area (Å²) < 4.78 is 0. The number of hydrogen-bond acceptors (Lipinski definition) is 4. The van der Waals surface area contributed by atoms with Crippen LogP contribution in [0.5, 0.6) is 0 Å². The van der Waals surface area contributed by atoms with Crippen LogP contribution in [0.15, 0.2) is 0 Å². The number of rotatable bonds is 0. The quantitative estimate of drug-likeness (QED) is 0.399. The molecule has 0 atom stereocenters. The zero-order valence-corrected chi connectivity index (χ0v) is 7.17. The molecule has 3 radical (unpaired) electrons. The first-order valence-corrected chi connectivity index (χ1v) is 1.82. The first kappa shape index (κ1) is 15.9. The van der Waals surface area contributed by atoms with Crippen LogP contribution in [-0.2, 0) is 9.59 Å². The Bertz CT molecular complexity index is 70.6. The lowest BCUT2D eigenvalue weighted by Crippen LogP contribution is -3.00. The molecule has 0 N–H and O–H groups in total. The van der Waals surface area contributed by atoms with E-state index in [4.69, 9.17) is 19.8 Å². The van der Waals surface area contributed by atoms with Crippen LogP contribution in [-0.4, -0.2) is 11.9 Å². The minimum atomic E-state index is -1.08. The van der Waals surface area contributed by atoms with Gasteiger partial charge in [0.25, 0.3) is 0 Å². The maximum absolute atomic E-state index is 8.89. The van der Waals surface area contributed by atoms with Gasteiger partial charge in [-0.2, -0.15) is 0 Å². The Kier molecular flexibility index (Phi) is 18.7. The molecule has 4 nitrogen and oxygen atoms in total. The topological polar surface area (TPSA) is 80.3 Å². The molecule has 0 fully saturated rings. The van der Waals surface area contributed by atoms with E-state index in [1.54, 1.807) is 0 Å². The van der Waals surface area contributed by atoms with Crippen molar-refractivity contribution in [2.45, 2.75) is 13.8 Å². The van der Waals surface area contributed by atoms with E-state index in [-0.39, 0.29) is 24.0 Å². The fraction of sp³-hybridized carbons (Fsp3) is 0.500. The van der Waals surface area contributed by atoms with E-state index in [1.807, 2.05) is 0 Å². The number of carbonyl (C=O) groups is 2. The van der Waals surface area contributed by atoms with Crippen molar-refractivity contribution < 1.29 is 43.8 Å². The first-order chi connectivity index (χ1) is 3.46. The number of aliphatic carboxylic acids is 2. The third kappa shape index (κ3) is 2260. The molecule has 9 heavy (non-hydrogen) atoms. The summed E-state index contributed by atoms with van der Waals surface area (Å²) in [5.41, 5.74) is 0. The molecule has 0 aromatic carbocycles. The van der Waals surface area contributed by atoms with Crippen molar-refractivity contribution in [1.29, 1.82) is 0 Å². The molecule has 0 aromatic rings. The monoisotopic (exact) mass is 245 g/mol. The molecular weight excluding hydrogens is 239 g/mol.